The second-order valence-corrected chi connectivity index (χ2v) is 5.31. The van der Waals surface area contributed by atoms with Crippen molar-refractivity contribution in [2.45, 2.75) is 45.7 Å². The Morgan fingerprint density at radius 1 is 1.56 bits per heavy atom. The molecule has 1 amide bonds. The highest BCUT2D eigenvalue weighted by molar-refractivity contribution is 5.87. The number of fused-ring (bicyclic) bond motifs is 1. The summed E-state index contributed by atoms with van der Waals surface area (Å²) in [5.74, 6) is 0.402. The van der Waals surface area contributed by atoms with Gasteiger partial charge < -0.3 is 4.90 Å². The maximum atomic E-state index is 11.9. The molecule has 0 N–H and O–H groups in total. The molecular weight excluding hydrogens is 226 g/mol. The van der Waals surface area contributed by atoms with E-state index in [1.165, 1.54) is 6.08 Å². The maximum Gasteiger partial charge on any atom is 0.246 e. The van der Waals surface area contributed by atoms with Crippen LogP contribution in [0, 0.1) is 0 Å². The van der Waals surface area contributed by atoms with Crippen LogP contribution in [0.1, 0.15) is 57.1 Å². The number of carbonyl (C=O) groups excluding carboxylic acids is 1. The summed E-state index contributed by atoms with van der Waals surface area (Å²) in [7, 11) is 0. The largest absolute Gasteiger partial charge is 0.329 e. The minimum atomic E-state index is -0.00658. The van der Waals surface area contributed by atoms with Gasteiger partial charge >= 0.3 is 0 Å². The van der Waals surface area contributed by atoms with E-state index >= 15 is 0 Å². The smallest absolute Gasteiger partial charge is 0.246 e. The van der Waals surface area contributed by atoms with Crippen LogP contribution in [0.4, 0.5) is 0 Å². The lowest BCUT2D eigenvalue weighted by molar-refractivity contribution is -0.129. The molecule has 0 bridgehead atoms. The van der Waals surface area contributed by atoms with Gasteiger partial charge in [0, 0.05) is 6.54 Å². The van der Waals surface area contributed by atoms with Crippen LogP contribution in [0.2, 0.25) is 0 Å². The normalized spacial score (nSPS) is 23.1. The standard InChI is InChI=1S/C14H21N3O/c1-6-14(18)16-8-10(4)17-13(11(16)5)7-12(15-17)9(2)3/h6-7,9-11H,1,8H2,2-5H3. The first-order valence-corrected chi connectivity index (χ1v) is 6.48. The fourth-order valence-corrected chi connectivity index (χ4v) is 2.45. The average Bonchev–Trinajstić information content (AvgIpc) is 2.78. The van der Waals surface area contributed by atoms with E-state index in [1.54, 1.807) is 0 Å². The van der Waals surface area contributed by atoms with E-state index in [-0.39, 0.29) is 18.0 Å². The van der Waals surface area contributed by atoms with Crippen molar-refractivity contribution in [1.29, 1.82) is 0 Å². The minimum Gasteiger partial charge on any atom is -0.329 e. The molecule has 98 valence electrons. The summed E-state index contributed by atoms with van der Waals surface area (Å²) in [5.41, 5.74) is 2.21. The van der Waals surface area contributed by atoms with Crippen LogP contribution >= 0.6 is 0 Å². The lowest BCUT2D eigenvalue weighted by Crippen LogP contribution is -2.42. The van der Waals surface area contributed by atoms with E-state index in [4.69, 9.17) is 0 Å². The van der Waals surface area contributed by atoms with Crippen molar-refractivity contribution >= 4 is 5.91 Å². The second kappa shape index (κ2) is 4.59. The van der Waals surface area contributed by atoms with E-state index in [0.717, 1.165) is 11.4 Å². The van der Waals surface area contributed by atoms with Gasteiger partial charge in [-0.3, -0.25) is 9.48 Å². The fourth-order valence-electron chi connectivity index (χ4n) is 2.45. The van der Waals surface area contributed by atoms with E-state index in [0.29, 0.717) is 12.5 Å². The number of rotatable bonds is 2. The second-order valence-electron chi connectivity index (χ2n) is 5.31. The number of amides is 1. The molecule has 2 heterocycles. The first-order valence-electron chi connectivity index (χ1n) is 6.48. The predicted octanol–water partition coefficient (Wildman–Crippen LogP) is 2.66. The van der Waals surface area contributed by atoms with E-state index in [2.05, 4.69) is 43.2 Å². The van der Waals surface area contributed by atoms with Crippen molar-refractivity contribution in [2.75, 3.05) is 6.54 Å². The molecule has 2 atom stereocenters. The molecule has 0 radical (unpaired) electrons. The number of nitrogens with zero attached hydrogens (tertiary/aromatic N) is 3. The molecule has 0 saturated heterocycles. The highest BCUT2D eigenvalue weighted by atomic mass is 16.2. The summed E-state index contributed by atoms with van der Waals surface area (Å²) in [5, 5.41) is 4.65. The quantitative estimate of drug-likeness (QED) is 0.754. The first kappa shape index (κ1) is 12.9. The Balaban J connectivity index is 2.40. The molecule has 0 aromatic carbocycles. The molecule has 0 saturated carbocycles. The zero-order valence-corrected chi connectivity index (χ0v) is 11.6. The van der Waals surface area contributed by atoms with Crippen molar-refractivity contribution in [3.8, 4) is 0 Å². The zero-order chi connectivity index (χ0) is 13.4. The number of hydrogen-bond acceptors (Lipinski definition) is 2. The van der Waals surface area contributed by atoms with Gasteiger partial charge in [-0.1, -0.05) is 20.4 Å². The SMILES string of the molecule is C=CC(=O)N1CC(C)n2nc(C(C)C)cc2C1C. The summed E-state index contributed by atoms with van der Waals surface area (Å²) >= 11 is 0. The summed E-state index contributed by atoms with van der Waals surface area (Å²) in [4.78, 5) is 13.7. The third-order valence-electron chi connectivity index (χ3n) is 3.61. The summed E-state index contributed by atoms with van der Waals surface area (Å²) in [6, 6.07) is 2.40. The van der Waals surface area contributed by atoms with Crippen LogP contribution in [0.25, 0.3) is 0 Å². The Bertz CT molecular complexity index is 475. The Morgan fingerprint density at radius 3 is 2.78 bits per heavy atom. The van der Waals surface area contributed by atoms with Crippen LogP contribution in [-0.4, -0.2) is 27.1 Å². The van der Waals surface area contributed by atoms with Crippen LogP contribution in [0.5, 0.6) is 0 Å². The van der Waals surface area contributed by atoms with Crippen LogP contribution < -0.4 is 0 Å². The number of carbonyl (C=O) groups is 1. The molecule has 0 spiro atoms. The van der Waals surface area contributed by atoms with Gasteiger partial charge in [0.15, 0.2) is 0 Å². The summed E-state index contributed by atoms with van der Waals surface area (Å²) in [6.45, 7) is 12.7. The Hall–Kier alpha value is -1.58. The molecule has 1 aliphatic rings. The van der Waals surface area contributed by atoms with Crippen LogP contribution in [0.3, 0.4) is 0 Å². The van der Waals surface area contributed by atoms with Crippen molar-refractivity contribution < 1.29 is 4.79 Å². The molecule has 2 unspecified atom stereocenters. The van der Waals surface area contributed by atoms with Gasteiger partial charge in [-0.2, -0.15) is 5.10 Å². The molecule has 4 nitrogen and oxygen atoms in total. The molecule has 1 aliphatic heterocycles. The lowest BCUT2D eigenvalue weighted by atomic mass is 10.1. The third kappa shape index (κ3) is 1.96. The first-order chi connectivity index (χ1) is 8.45. The van der Waals surface area contributed by atoms with Gasteiger partial charge in [-0.05, 0) is 31.9 Å². The molecule has 1 aromatic heterocycles. The molecule has 0 fully saturated rings. The third-order valence-corrected chi connectivity index (χ3v) is 3.61. The summed E-state index contributed by atoms with van der Waals surface area (Å²) in [6.07, 6.45) is 1.39. The zero-order valence-electron chi connectivity index (χ0n) is 11.6. The highest BCUT2D eigenvalue weighted by Crippen LogP contribution is 2.32. The van der Waals surface area contributed by atoms with Crippen molar-refractivity contribution in [2.24, 2.45) is 0 Å². The Morgan fingerprint density at radius 2 is 2.22 bits per heavy atom. The van der Waals surface area contributed by atoms with Gasteiger partial charge in [0.1, 0.15) is 0 Å². The Labute approximate surface area is 108 Å². The van der Waals surface area contributed by atoms with Gasteiger partial charge in [-0.25, -0.2) is 0 Å². The van der Waals surface area contributed by atoms with Crippen molar-refractivity contribution in [1.82, 2.24) is 14.7 Å². The fraction of sp³-hybridized carbons (Fsp3) is 0.571. The lowest BCUT2D eigenvalue weighted by Gasteiger charge is -2.36. The van der Waals surface area contributed by atoms with Crippen LogP contribution in [-0.2, 0) is 4.79 Å². The van der Waals surface area contributed by atoms with Crippen LogP contribution in [0.15, 0.2) is 18.7 Å². The van der Waals surface area contributed by atoms with Gasteiger partial charge in [0.2, 0.25) is 5.91 Å². The van der Waals surface area contributed by atoms with E-state index in [1.807, 2.05) is 11.8 Å². The van der Waals surface area contributed by atoms with E-state index < -0.39 is 0 Å². The van der Waals surface area contributed by atoms with Crippen molar-refractivity contribution in [3.63, 3.8) is 0 Å². The van der Waals surface area contributed by atoms with Crippen molar-refractivity contribution in [3.05, 3.63) is 30.1 Å². The Kier molecular flexibility index (Phi) is 3.28. The van der Waals surface area contributed by atoms with Gasteiger partial charge in [0.05, 0.1) is 23.5 Å². The molecule has 2 rings (SSSR count). The monoisotopic (exact) mass is 247 g/mol. The molecular formula is C14H21N3O. The van der Waals surface area contributed by atoms with Gasteiger partial charge in [-0.15, -0.1) is 0 Å². The number of aromatic nitrogens is 2. The predicted molar refractivity (Wildman–Crippen MR) is 71.4 cm³/mol. The highest BCUT2D eigenvalue weighted by Gasteiger charge is 2.32. The maximum absolute atomic E-state index is 11.9. The summed E-state index contributed by atoms with van der Waals surface area (Å²) < 4.78 is 2.06. The molecule has 1 aromatic rings. The van der Waals surface area contributed by atoms with E-state index in [9.17, 15) is 4.79 Å². The molecule has 4 heteroatoms. The number of hydrogen-bond donors (Lipinski definition) is 0. The topological polar surface area (TPSA) is 38.1 Å². The average molecular weight is 247 g/mol. The molecule has 18 heavy (non-hydrogen) atoms. The molecule has 0 aliphatic carbocycles. The van der Waals surface area contributed by atoms with Gasteiger partial charge in [0.25, 0.3) is 0 Å². The minimum absolute atomic E-state index is 0.00658.